The number of benzene rings is 4. The SMILES string of the molecule is Cc1ccc(N(c2ccc(B3OC(C)(C)C(C)(C)O3)cc2)c2cccc3c2-c2ccccc2C3(C)C)cc1. The number of rotatable bonds is 4. The van der Waals surface area contributed by atoms with Crippen LogP contribution in [-0.2, 0) is 14.7 Å². The third-order valence-corrected chi connectivity index (χ3v) is 8.80. The van der Waals surface area contributed by atoms with Crippen molar-refractivity contribution in [1.29, 1.82) is 0 Å². The maximum absolute atomic E-state index is 6.32. The van der Waals surface area contributed by atoms with Gasteiger partial charge in [-0.05, 0) is 87.1 Å². The van der Waals surface area contributed by atoms with Gasteiger partial charge in [-0.25, -0.2) is 0 Å². The molecule has 0 bridgehead atoms. The van der Waals surface area contributed by atoms with Gasteiger partial charge in [0, 0.05) is 22.4 Å². The highest BCUT2D eigenvalue weighted by Gasteiger charge is 2.51. The summed E-state index contributed by atoms with van der Waals surface area (Å²) in [6.45, 7) is 15.2. The van der Waals surface area contributed by atoms with Gasteiger partial charge >= 0.3 is 7.12 Å². The molecule has 0 unspecified atom stereocenters. The van der Waals surface area contributed by atoms with Crippen LogP contribution in [0.1, 0.15) is 58.2 Å². The number of nitrogens with zero attached hydrogens (tertiary/aromatic N) is 1. The van der Waals surface area contributed by atoms with Crippen LogP contribution in [0.3, 0.4) is 0 Å². The topological polar surface area (TPSA) is 21.7 Å². The lowest BCUT2D eigenvalue weighted by Crippen LogP contribution is -2.41. The van der Waals surface area contributed by atoms with Gasteiger partial charge in [-0.15, -0.1) is 0 Å². The Kier molecular flexibility index (Phi) is 5.64. The number of anilines is 3. The summed E-state index contributed by atoms with van der Waals surface area (Å²) >= 11 is 0. The van der Waals surface area contributed by atoms with Crippen LogP contribution in [0.15, 0.2) is 91.0 Å². The quantitative estimate of drug-likeness (QED) is 0.264. The Morgan fingerprint density at radius 2 is 1.16 bits per heavy atom. The summed E-state index contributed by atoms with van der Waals surface area (Å²) in [6.07, 6.45) is 0. The molecule has 3 nitrogen and oxygen atoms in total. The Morgan fingerprint density at radius 1 is 0.605 bits per heavy atom. The van der Waals surface area contributed by atoms with Gasteiger partial charge in [-0.1, -0.05) is 80.1 Å². The fraction of sp³-hybridized carbons (Fsp3) is 0.294. The Balaban J connectivity index is 1.48. The fourth-order valence-electron chi connectivity index (χ4n) is 5.80. The third-order valence-electron chi connectivity index (χ3n) is 8.80. The summed E-state index contributed by atoms with van der Waals surface area (Å²) in [5.41, 5.74) is 10.3. The van der Waals surface area contributed by atoms with Crippen LogP contribution in [0.2, 0.25) is 0 Å². The average molecular weight is 501 g/mol. The van der Waals surface area contributed by atoms with E-state index in [-0.39, 0.29) is 23.7 Å². The first-order valence-electron chi connectivity index (χ1n) is 13.6. The van der Waals surface area contributed by atoms with Gasteiger partial charge in [-0.3, -0.25) is 0 Å². The van der Waals surface area contributed by atoms with E-state index in [1.165, 1.54) is 33.5 Å². The second-order valence-corrected chi connectivity index (χ2v) is 12.2. The maximum atomic E-state index is 6.32. The monoisotopic (exact) mass is 501 g/mol. The molecule has 0 aromatic heterocycles. The van der Waals surface area contributed by atoms with Crippen molar-refractivity contribution in [3.05, 3.63) is 108 Å². The molecule has 4 aromatic carbocycles. The normalized spacial score (nSPS) is 18.2. The molecule has 0 atom stereocenters. The van der Waals surface area contributed by atoms with E-state index in [1.807, 2.05) is 0 Å². The van der Waals surface area contributed by atoms with Crippen LogP contribution in [0, 0.1) is 6.92 Å². The molecule has 1 saturated heterocycles. The summed E-state index contributed by atoms with van der Waals surface area (Å²) in [5, 5.41) is 0. The predicted molar refractivity (Wildman–Crippen MR) is 159 cm³/mol. The highest BCUT2D eigenvalue weighted by Crippen LogP contribution is 2.54. The Bertz CT molecular complexity index is 1490. The second-order valence-electron chi connectivity index (χ2n) is 12.2. The molecule has 1 aliphatic carbocycles. The minimum Gasteiger partial charge on any atom is -0.399 e. The Morgan fingerprint density at radius 3 is 1.79 bits per heavy atom. The van der Waals surface area contributed by atoms with E-state index in [0.717, 1.165) is 16.8 Å². The van der Waals surface area contributed by atoms with Crippen LogP contribution in [0.4, 0.5) is 17.1 Å². The largest absolute Gasteiger partial charge is 0.494 e. The summed E-state index contributed by atoms with van der Waals surface area (Å²) in [4.78, 5) is 2.38. The van der Waals surface area contributed by atoms with Crippen LogP contribution in [-0.4, -0.2) is 18.3 Å². The lowest BCUT2D eigenvalue weighted by molar-refractivity contribution is 0.00578. The van der Waals surface area contributed by atoms with Crippen molar-refractivity contribution >= 4 is 29.6 Å². The number of hydrogen-bond acceptors (Lipinski definition) is 3. The zero-order chi connectivity index (χ0) is 26.9. The first-order valence-corrected chi connectivity index (χ1v) is 13.6. The molecule has 192 valence electrons. The van der Waals surface area contributed by atoms with Crippen molar-refractivity contribution in [2.24, 2.45) is 0 Å². The molecule has 0 spiro atoms. The van der Waals surface area contributed by atoms with Crippen molar-refractivity contribution < 1.29 is 9.31 Å². The van der Waals surface area contributed by atoms with Gasteiger partial charge < -0.3 is 14.2 Å². The summed E-state index contributed by atoms with van der Waals surface area (Å²) < 4.78 is 12.6. The molecule has 0 radical (unpaired) electrons. The number of aryl methyl sites for hydroxylation is 1. The highest BCUT2D eigenvalue weighted by molar-refractivity contribution is 6.62. The van der Waals surface area contributed by atoms with E-state index < -0.39 is 0 Å². The highest BCUT2D eigenvalue weighted by atomic mass is 16.7. The molecule has 4 aromatic rings. The van der Waals surface area contributed by atoms with Gasteiger partial charge in [0.1, 0.15) is 0 Å². The van der Waals surface area contributed by atoms with Crippen LogP contribution >= 0.6 is 0 Å². The van der Waals surface area contributed by atoms with Crippen molar-refractivity contribution in [3.8, 4) is 11.1 Å². The van der Waals surface area contributed by atoms with Crippen molar-refractivity contribution in [2.45, 2.75) is 65.1 Å². The number of hydrogen-bond donors (Lipinski definition) is 0. The molecule has 6 rings (SSSR count). The minimum atomic E-state index is -0.379. The first-order chi connectivity index (χ1) is 18.0. The van der Waals surface area contributed by atoms with Gasteiger partial charge in [0.2, 0.25) is 0 Å². The lowest BCUT2D eigenvalue weighted by Gasteiger charge is -2.32. The van der Waals surface area contributed by atoms with Gasteiger partial charge in [0.15, 0.2) is 0 Å². The van der Waals surface area contributed by atoms with Gasteiger partial charge in [0.05, 0.1) is 16.9 Å². The lowest BCUT2D eigenvalue weighted by atomic mass is 9.79. The van der Waals surface area contributed by atoms with E-state index >= 15 is 0 Å². The first kappa shape index (κ1) is 25.0. The maximum Gasteiger partial charge on any atom is 0.494 e. The molecule has 0 amide bonds. The van der Waals surface area contributed by atoms with Crippen LogP contribution in [0.25, 0.3) is 11.1 Å². The zero-order valence-corrected chi connectivity index (χ0v) is 23.5. The molecular weight excluding hydrogens is 465 g/mol. The fourth-order valence-corrected chi connectivity index (χ4v) is 5.80. The molecule has 1 aliphatic heterocycles. The van der Waals surface area contributed by atoms with Crippen molar-refractivity contribution in [2.75, 3.05) is 4.90 Å². The van der Waals surface area contributed by atoms with E-state index in [9.17, 15) is 0 Å². The molecule has 0 N–H and O–H groups in total. The number of fused-ring (bicyclic) bond motifs is 3. The standard InChI is InChI=1S/C34H36BNO2/c1-23-15-19-25(20-16-23)36(26-21-17-24(18-22-26)35-37-33(4,5)34(6,7)38-35)30-14-10-13-29-31(30)27-11-8-9-12-28(27)32(29,2)3/h8-22H,1-7H3. The second kappa shape index (κ2) is 8.59. The van der Waals surface area contributed by atoms with Crippen molar-refractivity contribution in [3.63, 3.8) is 0 Å². The van der Waals surface area contributed by atoms with E-state index in [4.69, 9.17) is 9.31 Å². The van der Waals surface area contributed by atoms with E-state index in [0.29, 0.717) is 0 Å². The van der Waals surface area contributed by atoms with Crippen LogP contribution < -0.4 is 10.4 Å². The van der Waals surface area contributed by atoms with Crippen LogP contribution in [0.5, 0.6) is 0 Å². The van der Waals surface area contributed by atoms with E-state index in [1.54, 1.807) is 0 Å². The average Bonchev–Trinajstić information content (AvgIpc) is 3.26. The van der Waals surface area contributed by atoms with Gasteiger partial charge in [0.25, 0.3) is 0 Å². The van der Waals surface area contributed by atoms with Crippen molar-refractivity contribution in [1.82, 2.24) is 0 Å². The molecule has 2 aliphatic rings. The Labute approximate surface area is 227 Å². The molecular formula is C34H36BNO2. The third kappa shape index (κ3) is 3.81. The molecule has 4 heteroatoms. The van der Waals surface area contributed by atoms with Gasteiger partial charge in [-0.2, -0.15) is 0 Å². The molecule has 38 heavy (non-hydrogen) atoms. The predicted octanol–water partition coefficient (Wildman–Crippen LogP) is 8.07. The van der Waals surface area contributed by atoms with E-state index in [2.05, 4.69) is 144 Å². The minimum absolute atomic E-state index is 0.0541. The molecule has 0 saturated carbocycles. The zero-order valence-electron chi connectivity index (χ0n) is 23.5. The summed E-state index contributed by atoms with van der Waals surface area (Å²) in [5.74, 6) is 0. The molecule has 1 heterocycles. The molecule has 1 fully saturated rings. The smallest absolute Gasteiger partial charge is 0.399 e. The Hall–Kier alpha value is -3.34. The summed E-state index contributed by atoms with van der Waals surface area (Å²) in [6, 6.07) is 33.0. The summed E-state index contributed by atoms with van der Waals surface area (Å²) in [7, 11) is -0.379.